The van der Waals surface area contributed by atoms with E-state index in [9.17, 15) is 0 Å². The second kappa shape index (κ2) is 11.4. The van der Waals surface area contributed by atoms with Crippen molar-refractivity contribution in [3.8, 4) is 11.1 Å². The zero-order chi connectivity index (χ0) is 33.5. The molecule has 7 aromatic carbocycles. The third-order valence-electron chi connectivity index (χ3n) is 10.4. The van der Waals surface area contributed by atoms with E-state index in [1.165, 1.54) is 31.3 Å². The maximum absolute atomic E-state index is 6.98. The van der Waals surface area contributed by atoms with Crippen LogP contribution in [0.15, 0.2) is 160 Å². The lowest BCUT2D eigenvalue weighted by Crippen LogP contribution is -2.54. The second-order valence-corrected chi connectivity index (χ2v) is 14.4. The molecule has 0 amide bonds. The summed E-state index contributed by atoms with van der Waals surface area (Å²) < 4.78 is 15.7. The zero-order valence-electron chi connectivity index (χ0n) is 27.4. The van der Waals surface area contributed by atoms with Crippen molar-refractivity contribution in [2.45, 2.75) is 18.5 Å². The molecule has 51 heavy (non-hydrogen) atoms. The van der Waals surface area contributed by atoms with E-state index in [0.717, 1.165) is 60.6 Å². The maximum atomic E-state index is 6.98. The number of hydrogen-bond donors (Lipinski definition) is 3. The van der Waals surface area contributed by atoms with Crippen LogP contribution in [0.4, 0.5) is 0 Å². The maximum Gasteiger partial charge on any atom is 0.143 e. The van der Waals surface area contributed by atoms with E-state index >= 15 is 0 Å². The highest BCUT2D eigenvalue weighted by Crippen LogP contribution is 2.42. The van der Waals surface area contributed by atoms with E-state index < -0.39 is 0 Å². The first-order valence-electron chi connectivity index (χ1n) is 17.4. The predicted octanol–water partition coefficient (Wildman–Crippen LogP) is 11.7. The summed E-state index contributed by atoms with van der Waals surface area (Å²) in [6, 6.07) is 53.6. The van der Waals surface area contributed by atoms with Crippen LogP contribution in [0.2, 0.25) is 0 Å². The van der Waals surface area contributed by atoms with Crippen LogP contribution in [-0.2, 0) is 0 Å². The van der Waals surface area contributed by atoms with Crippen molar-refractivity contribution in [1.82, 2.24) is 16.0 Å². The summed E-state index contributed by atoms with van der Waals surface area (Å²) in [6.07, 6.45) is -0.438. The van der Waals surface area contributed by atoms with Crippen LogP contribution in [0.25, 0.3) is 75.2 Å². The summed E-state index contributed by atoms with van der Waals surface area (Å²) in [4.78, 5) is 0. The van der Waals surface area contributed by atoms with Gasteiger partial charge in [0.15, 0.2) is 0 Å². The van der Waals surface area contributed by atoms with Crippen LogP contribution in [0.5, 0.6) is 0 Å². The third-order valence-corrected chi connectivity index (χ3v) is 11.6. The zero-order valence-corrected chi connectivity index (χ0v) is 28.2. The van der Waals surface area contributed by atoms with Crippen molar-refractivity contribution in [3.05, 3.63) is 168 Å². The Hall–Kier alpha value is -5.76. The van der Waals surface area contributed by atoms with Crippen LogP contribution in [0, 0.1) is 0 Å². The Labute approximate surface area is 297 Å². The molecular formula is C45H31N3O2S. The van der Waals surface area contributed by atoms with E-state index in [-0.39, 0.29) is 18.5 Å². The van der Waals surface area contributed by atoms with E-state index in [2.05, 4.69) is 155 Å². The Balaban J connectivity index is 1.06. The average Bonchev–Trinajstić information content (AvgIpc) is 3.89. The summed E-state index contributed by atoms with van der Waals surface area (Å²) in [5, 5.41) is 18.8. The third kappa shape index (κ3) is 4.58. The monoisotopic (exact) mass is 677 g/mol. The number of nitrogens with one attached hydrogen (secondary N) is 3. The Morgan fingerprint density at radius 1 is 0.431 bits per heavy atom. The molecule has 11 rings (SSSR count). The fourth-order valence-corrected chi connectivity index (χ4v) is 9.21. The van der Waals surface area contributed by atoms with Gasteiger partial charge in [-0.15, -0.1) is 11.3 Å². The van der Waals surface area contributed by atoms with Crippen LogP contribution < -0.4 is 16.0 Å². The Bertz CT molecular complexity index is 2940. The van der Waals surface area contributed by atoms with Crippen molar-refractivity contribution in [2.75, 3.05) is 0 Å². The van der Waals surface area contributed by atoms with Crippen molar-refractivity contribution in [3.63, 3.8) is 0 Å². The van der Waals surface area contributed by atoms with Crippen molar-refractivity contribution in [2.24, 2.45) is 0 Å². The summed E-state index contributed by atoms with van der Waals surface area (Å²) >= 11 is 1.85. The van der Waals surface area contributed by atoms with Gasteiger partial charge in [0.05, 0.1) is 18.5 Å². The first-order valence-corrected chi connectivity index (χ1v) is 18.2. The van der Waals surface area contributed by atoms with Gasteiger partial charge < -0.3 is 8.83 Å². The normalized spacial score (nSPS) is 18.2. The highest BCUT2D eigenvalue weighted by Gasteiger charge is 2.32. The van der Waals surface area contributed by atoms with Gasteiger partial charge in [-0.1, -0.05) is 121 Å². The molecule has 5 nitrogen and oxygen atoms in total. The molecule has 0 aliphatic carbocycles. The minimum atomic E-state index is -0.206. The van der Waals surface area contributed by atoms with Crippen molar-refractivity contribution < 1.29 is 8.83 Å². The van der Waals surface area contributed by atoms with E-state index in [4.69, 9.17) is 8.83 Å². The lowest BCUT2D eigenvalue weighted by molar-refractivity contribution is 0.204. The molecule has 1 fully saturated rings. The second-order valence-electron chi connectivity index (χ2n) is 13.3. The first-order chi connectivity index (χ1) is 25.3. The topological polar surface area (TPSA) is 62.4 Å². The number of benzene rings is 7. The fourth-order valence-electron chi connectivity index (χ4n) is 8.07. The van der Waals surface area contributed by atoms with Crippen molar-refractivity contribution >= 4 is 75.4 Å². The molecule has 10 aromatic rings. The number of rotatable bonds is 4. The molecule has 244 valence electrons. The number of thiophene rings is 1. The molecule has 1 aliphatic rings. The minimum Gasteiger partial charge on any atom is -0.456 e. The van der Waals surface area contributed by atoms with Crippen molar-refractivity contribution in [1.29, 1.82) is 0 Å². The molecule has 1 saturated heterocycles. The predicted molar refractivity (Wildman–Crippen MR) is 210 cm³/mol. The SMILES string of the molecule is c1ccc(C2NC(c3cccc4c3oc3c(-c5ccc6oc7ccccc7c6c5)cccc34)NC(c3cccc4sc5ccccc5c34)N2)cc1. The lowest BCUT2D eigenvalue weighted by atomic mass is 9.99. The molecular weight excluding hydrogens is 647 g/mol. The van der Waals surface area contributed by atoms with Crippen LogP contribution in [-0.4, -0.2) is 0 Å². The van der Waals surface area contributed by atoms with E-state index in [1.807, 2.05) is 23.5 Å². The van der Waals surface area contributed by atoms with Gasteiger partial charge in [-0.05, 0) is 47.0 Å². The number of fused-ring (bicyclic) bond motifs is 9. The van der Waals surface area contributed by atoms with Gasteiger partial charge in [-0.2, -0.15) is 0 Å². The Morgan fingerprint density at radius 3 is 1.98 bits per heavy atom. The Kier molecular flexibility index (Phi) is 6.48. The van der Waals surface area contributed by atoms with Gasteiger partial charge in [0.25, 0.3) is 0 Å². The summed E-state index contributed by atoms with van der Waals surface area (Å²) in [5.74, 6) is 0. The minimum absolute atomic E-state index is 0.102. The van der Waals surface area contributed by atoms with E-state index in [0.29, 0.717) is 0 Å². The largest absolute Gasteiger partial charge is 0.456 e. The van der Waals surface area contributed by atoms with Gasteiger partial charge in [0, 0.05) is 52.8 Å². The smallest absolute Gasteiger partial charge is 0.143 e. The van der Waals surface area contributed by atoms with Gasteiger partial charge in [-0.3, -0.25) is 16.0 Å². The molecule has 3 aromatic heterocycles. The van der Waals surface area contributed by atoms with Crippen LogP contribution >= 0.6 is 11.3 Å². The molecule has 0 bridgehead atoms. The van der Waals surface area contributed by atoms with Gasteiger partial charge in [0.2, 0.25) is 0 Å². The first kappa shape index (κ1) is 29.0. The summed E-state index contributed by atoms with van der Waals surface area (Å²) in [5.41, 5.74) is 9.18. The molecule has 6 heteroatoms. The number of furan rings is 2. The standard InChI is InChI=1S/C45H31N3O2S/c1-2-11-26(12-3-1)43-46-44(33-18-10-22-39-40(33)32-14-5-7-21-38(32)51-39)48-45(47-43)34-19-9-17-31-30-16-8-15-28(41(30)50-42(31)34)27-23-24-37-35(25-27)29-13-4-6-20-36(29)49-37/h1-25,43-48H. The van der Waals surface area contributed by atoms with Gasteiger partial charge in [-0.25, -0.2) is 0 Å². The molecule has 1 aliphatic heterocycles. The van der Waals surface area contributed by atoms with Gasteiger partial charge >= 0.3 is 0 Å². The average molecular weight is 678 g/mol. The molecule has 3 N–H and O–H groups in total. The lowest BCUT2D eigenvalue weighted by Gasteiger charge is -2.39. The summed E-state index contributed by atoms with van der Waals surface area (Å²) in [6.45, 7) is 0. The fraction of sp³-hybridized carbons (Fsp3) is 0.0667. The quantitative estimate of drug-likeness (QED) is 0.173. The summed E-state index contributed by atoms with van der Waals surface area (Å²) in [7, 11) is 0. The van der Waals surface area contributed by atoms with E-state index in [1.54, 1.807) is 0 Å². The molecule has 3 atom stereocenters. The molecule has 4 heterocycles. The molecule has 0 radical (unpaired) electrons. The molecule has 0 spiro atoms. The molecule has 0 saturated carbocycles. The number of para-hydroxylation sites is 3. The molecule has 3 unspecified atom stereocenters. The highest BCUT2D eigenvalue weighted by molar-refractivity contribution is 7.25. The Morgan fingerprint density at radius 2 is 1.08 bits per heavy atom. The highest BCUT2D eigenvalue weighted by atomic mass is 32.1. The van der Waals surface area contributed by atoms with Crippen LogP contribution in [0.3, 0.4) is 0 Å². The van der Waals surface area contributed by atoms with Gasteiger partial charge in [0.1, 0.15) is 22.3 Å². The van der Waals surface area contributed by atoms with Crippen LogP contribution in [0.1, 0.15) is 35.2 Å². The number of hydrogen-bond acceptors (Lipinski definition) is 6.